The maximum absolute atomic E-state index is 11.9. The lowest BCUT2D eigenvalue weighted by Gasteiger charge is -2.16. The van der Waals surface area contributed by atoms with Gasteiger partial charge < -0.3 is 11.1 Å². The molecule has 0 aromatic carbocycles. The van der Waals surface area contributed by atoms with Gasteiger partial charge in [-0.2, -0.15) is 0 Å². The molecule has 0 unspecified atom stereocenters. The normalized spacial score (nSPS) is 12.8. The summed E-state index contributed by atoms with van der Waals surface area (Å²) < 4.78 is 0. The number of nitrogens with one attached hydrogen (secondary N) is 1. The second kappa shape index (κ2) is 6.83. The van der Waals surface area contributed by atoms with E-state index in [1.165, 1.54) is 16.6 Å². The van der Waals surface area contributed by atoms with Crippen LogP contribution in [0.1, 0.15) is 31.2 Å². The van der Waals surface area contributed by atoms with Crippen LogP contribution in [0, 0.1) is 19.8 Å². The average Bonchev–Trinajstić information content (AvgIpc) is 2.72. The SMILES string of the molecule is Cc1sc2nc(SCC(=O)N[C@H](C)C(C)C)nc(N)c2c1C. The molecule has 1 atom stereocenters. The van der Waals surface area contributed by atoms with E-state index in [1.54, 1.807) is 11.3 Å². The number of thioether (sulfide) groups is 1. The van der Waals surface area contributed by atoms with E-state index < -0.39 is 0 Å². The van der Waals surface area contributed by atoms with Crippen molar-refractivity contribution < 1.29 is 4.79 Å². The van der Waals surface area contributed by atoms with Crippen LogP contribution in [0.25, 0.3) is 10.2 Å². The molecule has 0 saturated heterocycles. The molecule has 120 valence electrons. The number of nitrogen functional groups attached to an aromatic ring is 1. The number of thiophene rings is 1. The predicted octanol–water partition coefficient (Wildman–Crippen LogP) is 3.14. The minimum Gasteiger partial charge on any atom is -0.383 e. The first-order valence-corrected chi connectivity index (χ1v) is 9.05. The van der Waals surface area contributed by atoms with Crippen LogP contribution in [-0.4, -0.2) is 27.7 Å². The highest BCUT2D eigenvalue weighted by molar-refractivity contribution is 7.99. The first-order chi connectivity index (χ1) is 10.3. The summed E-state index contributed by atoms with van der Waals surface area (Å²) in [4.78, 5) is 22.8. The number of nitrogens with zero attached hydrogens (tertiary/aromatic N) is 2. The van der Waals surface area contributed by atoms with Crippen LogP contribution in [0.5, 0.6) is 0 Å². The lowest BCUT2D eigenvalue weighted by atomic mass is 10.1. The van der Waals surface area contributed by atoms with E-state index in [0.717, 1.165) is 15.8 Å². The molecule has 2 rings (SSSR count). The fourth-order valence-corrected chi connectivity index (χ4v) is 3.67. The van der Waals surface area contributed by atoms with Crippen molar-refractivity contribution in [3.63, 3.8) is 0 Å². The summed E-state index contributed by atoms with van der Waals surface area (Å²) in [7, 11) is 0. The Bertz CT molecular complexity index is 696. The fourth-order valence-electron chi connectivity index (χ4n) is 1.92. The third-order valence-corrected chi connectivity index (χ3v) is 5.71. The highest BCUT2D eigenvalue weighted by atomic mass is 32.2. The predicted molar refractivity (Wildman–Crippen MR) is 94.5 cm³/mol. The first kappa shape index (κ1) is 17.0. The monoisotopic (exact) mass is 338 g/mol. The lowest BCUT2D eigenvalue weighted by molar-refractivity contribution is -0.119. The maximum Gasteiger partial charge on any atom is 0.230 e. The minimum absolute atomic E-state index is 0.00740. The van der Waals surface area contributed by atoms with Crippen molar-refractivity contribution in [2.24, 2.45) is 5.92 Å². The Kier molecular flexibility index (Phi) is 5.28. The van der Waals surface area contributed by atoms with Crippen LogP contribution in [0.4, 0.5) is 5.82 Å². The number of rotatable bonds is 5. The molecule has 0 bridgehead atoms. The van der Waals surface area contributed by atoms with Crippen molar-refractivity contribution in [2.45, 2.75) is 45.8 Å². The summed E-state index contributed by atoms with van der Waals surface area (Å²) in [5, 5.41) is 4.46. The summed E-state index contributed by atoms with van der Waals surface area (Å²) in [5.41, 5.74) is 7.18. The fraction of sp³-hybridized carbons (Fsp3) is 0.533. The number of amides is 1. The molecular weight excluding hydrogens is 316 g/mol. The smallest absolute Gasteiger partial charge is 0.230 e. The Balaban J connectivity index is 2.08. The summed E-state index contributed by atoms with van der Waals surface area (Å²) in [6, 6.07) is 0.157. The summed E-state index contributed by atoms with van der Waals surface area (Å²) in [6.07, 6.45) is 0. The molecule has 0 radical (unpaired) electrons. The molecule has 2 heterocycles. The van der Waals surface area contributed by atoms with Crippen molar-refractivity contribution in [3.05, 3.63) is 10.4 Å². The molecule has 0 aliphatic rings. The molecule has 5 nitrogen and oxygen atoms in total. The van der Waals surface area contributed by atoms with Gasteiger partial charge >= 0.3 is 0 Å². The van der Waals surface area contributed by atoms with E-state index in [1.807, 2.05) is 13.8 Å². The maximum atomic E-state index is 11.9. The van der Waals surface area contributed by atoms with Gasteiger partial charge in [0.15, 0.2) is 5.16 Å². The quantitative estimate of drug-likeness (QED) is 0.646. The van der Waals surface area contributed by atoms with E-state index >= 15 is 0 Å². The third-order valence-electron chi connectivity index (χ3n) is 3.76. The Hall–Kier alpha value is -1.34. The zero-order valence-electron chi connectivity index (χ0n) is 13.6. The van der Waals surface area contributed by atoms with E-state index in [9.17, 15) is 4.79 Å². The van der Waals surface area contributed by atoms with Gasteiger partial charge in [-0.3, -0.25) is 4.79 Å². The van der Waals surface area contributed by atoms with Gasteiger partial charge in [0.05, 0.1) is 11.1 Å². The minimum atomic E-state index is -0.00740. The number of fused-ring (bicyclic) bond motifs is 1. The highest BCUT2D eigenvalue weighted by Crippen LogP contribution is 2.33. The Morgan fingerprint density at radius 1 is 1.32 bits per heavy atom. The average molecular weight is 339 g/mol. The van der Waals surface area contributed by atoms with Crippen LogP contribution < -0.4 is 11.1 Å². The zero-order chi connectivity index (χ0) is 16.4. The van der Waals surface area contributed by atoms with E-state index in [2.05, 4.69) is 36.1 Å². The van der Waals surface area contributed by atoms with Crippen LogP contribution in [-0.2, 0) is 4.79 Å². The van der Waals surface area contributed by atoms with Gasteiger partial charge in [0.2, 0.25) is 5.91 Å². The summed E-state index contributed by atoms with van der Waals surface area (Å²) in [6.45, 7) is 10.2. The zero-order valence-corrected chi connectivity index (χ0v) is 15.2. The number of aromatic nitrogens is 2. The molecule has 1 amide bonds. The van der Waals surface area contributed by atoms with Crippen LogP contribution >= 0.6 is 23.1 Å². The molecular formula is C15H22N4OS2. The van der Waals surface area contributed by atoms with Crippen molar-refractivity contribution in [3.8, 4) is 0 Å². The van der Waals surface area contributed by atoms with Gasteiger partial charge in [-0.05, 0) is 32.3 Å². The number of aryl methyl sites for hydroxylation is 2. The standard InChI is InChI=1S/C15H22N4OS2/c1-7(2)9(4)17-11(20)6-21-15-18-13(16)12-8(3)10(5)22-14(12)19-15/h7,9H,6H2,1-5H3,(H,17,20)(H2,16,18,19)/t9-/m1/s1. The first-order valence-electron chi connectivity index (χ1n) is 7.25. The number of anilines is 1. The van der Waals surface area contributed by atoms with Crippen molar-refractivity contribution >= 4 is 45.0 Å². The number of carbonyl (C=O) groups excluding carboxylic acids is 1. The van der Waals surface area contributed by atoms with E-state index in [4.69, 9.17) is 5.73 Å². The molecule has 0 saturated carbocycles. The van der Waals surface area contributed by atoms with Gasteiger partial charge in [-0.25, -0.2) is 9.97 Å². The number of hydrogen-bond acceptors (Lipinski definition) is 6. The number of nitrogens with two attached hydrogens (primary N) is 1. The molecule has 0 fully saturated rings. The Labute approximate surface area is 139 Å². The van der Waals surface area contributed by atoms with Gasteiger partial charge in [0.1, 0.15) is 10.6 Å². The van der Waals surface area contributed by atoms with Gasteiger partial charge in [-0.1, -0.05) is 25.6 Å². The number of hydrogen-bond donors (Lipinski definition) is 2. The van der Waals surface area contributed by atoms with Crippen LogP contribution in [0.2, 0.25) is 0 Å². The molecule has 7 heteroatoms. The number of carbonyl (C=O) groups is 1. The summed E-state index contributed by atoms with van der Waals surface area (Å²) >= 11 is 2.93. The second-order valence-electron chi connectivity index (χ2n) is 5.74. The molecule has 3 N–H and O–H groups in total. The lowest BCUT2D eigenvalue weighted by Crippen LogP contribution is -2.37. The van der Waals surface area contributed by atoms with Gasteiger partial charge in [0.25, 0.3) is 0 Å². The molecule has 0 aliphatic carbocycles. The Morgan fingerprint density at radius 2 is 2.00 bits per heavy atom. The van der Waals surface area contributed by atoms with Crippen molar-refractivity contribution in [1.29, 1.82) is 0 Å². The second-order valence-corrected chi connectivity index (χ2v) is 7.89. The molecule has 2 aromatic rings. The third kappa shape index (κ3) is 3.70. The van der Waals surface area contributed by atoms with E-state index in [-0.39, 0.29) is 11.9 Å². The van der Waals surface area contributed by atoms with Crippen LogP contribution in [0.3, 0.4) is 0 Å². The van der Waals surface area contributed by atoms with Crippen molar-refractivity contribution in [1.82, 2.24) is 15.3 Å². The topological polar surface area (TPSA) is 80.9 Å². The van der Waals surface area contributed by atoms with Crippen molar-refractivity contribution in [2.75, 3.05) is 11.5 Å². The van der Waals surface area contributed by atoms with Gasteiger partial charge in [-0.15, -0.1) is 11.3 Å². The molecule has 2 aromatic heterocycles. The summed E-state index contributed by atoms with van der Waals surface area (Å²) in [5.74, 6) is 1.19. The molecule has 22 heavy (non-hydrogen) atoms. The van der Waals surface area contributed by atoms with E-state index in [0.29, 0.717) is 22.6 Å². The molecule has 0 aliphatic heterocycles. The van der Waals surface area contributed by atoms with Crippen LogP contribution in [0.15, 0.2) is 5.16 Å². The Morgan fingerprint density at radius 3 is 2.64 bits per heavy atom. The largest absolute Gasteiger partial charge is 0.383 e. The molecule has 0 spiro atoms. The van der Waals surface area contributed by atoms with Gasteiger partial charge in [0, 0.05) is 10.9 Å². The highest BCUT2D eigenvalue weighted by Gasteiger charge is 2.15.